The van der Waals surface area contributed by atoms with Crippen LogP contribution in [-0.2, 0) is 6.54 Å². The second-order valence-electron chi connectivity index (χ2n) is 4.68. The molecule has 1 N–H and O–H groups in total. The van der Waals surface area contributed by atoms with Gasteiger partial charge in [-0.3, -0.25) is 0 Å². The zero-order chi connectivity index (χ0) is 11.5. The number of hydrogen-bond acceptors (Lipinski definition) is 1. The summed E-state index contributed by atoms with van der Waals surface area (Å²) >= 11 is 3.38. The highest BCUT2D eigenvalue weighted by Gasteiger charge is 2.27. The van der Waals surface area contributed by atoms with Crippen molar-refractivity contribution in [3.63, 3.8) is 0 Å². The topological polar surface area (TPSA) is 12.0 Å². The summed E-state index contributed by atoms with van der Waals surface area (Å²) in [5, 5.41) is 3.43. The molecule has 1 nitrogen and oxygen atoms in total. The van der Waals surface area contributed by atoms with Gasteiger partial charge in [0.2, 0.25) is 0 Å². The Morgan fingerprint density at radius 3 is 2.88 bits per heavy atom. The Morgan fingerprint density at radius 2 is 2.25 bits per heavy atom. The molecule has 0 aliphatic heterocycles. The minimum atomic E-state index is -0.193. The molecule has 0 heterocycles. The van der Waals surface area contributed by atoms with Crippen LogP contribution in [0.25, 0.3) is 0 Å². The van der Waals surface area contributed by atoms with E-state index in [0.29, 0.717) is 0 Å². The van der Waals surface area contributed by atoms with Gasteiger partial charge in [-0.2, -0.15) is 0 Å². The molecule has 1 atom stereocenters. The summed E-state index contributed by atoms with van der Waals surface area (Å²) in [6.07, 6.45) is 2.78. The smallest absolute Gasteiger partial charge is 0.124 e. The van der Waals surface area contributed by atoms with Crippen molar-refractivity contribution >= 4 is 15.9 Å². The molecule has 1 aromatic carbocycles. The van der Waals surface area contributed by atoms with Crippen LogP contribution in [0.4, 0.5) is 4.39 Å². The first-order chi connectivity index (χ1) is 7.66. The van der Waals surface area contributed by atoms with E-state index in [1.165, 1.54) is 25.0 Å². The molecular weight excluding hydrogens is 269 g/mol. The van der Waals surface area contributed by atoms with Gasteiger partial charge in [0.1, 0.15) is 5.82 Å². The number of rotatable bonds is 5. The van der Waals surface area contributed by atoms with Gasteiger partial charge in [0.25, 0.3) is 0 Å². The molecule has 0 amide bonds. The molecule has 3 heteroatoms. The molecule has 1 unspecified atom stereocenters. The Balaban J connectivity index is 1.80. The molecule has 0 saturated heterocycles. The van der Waals surface area contributed by atoms with Crippen LogP contribution >= 0.6 is 15.9 Å². The third-order valence-corrected chi connectivity index (χ3v) is 3.96. The van der Waals surface area contributed by atoms with Crippen LogP contribution in [-0.4, -0.2) is 6.54 Å². The Labute approximate surface area is 105 Å². The Bertz CT molecular complexity index is 363. The van der Waals surface area contributed by atoms with Gasteiger partial charge in [0, 0.05) is 11.0 Å². The van der Waals surface area contributed by atoms with Crippen molar-refractivity contribution in [2.75, 3.05) is 6.54 Å². The molecule has 1 fully saturated rings. The summed E-state index contributed by atoms with van der Waals surface area (Å²) in [6, 6.07) is 4.85. The molecule has 0 radical (unpaired) electrons. The quantitative estimate of drug-likeness (QED) is 0.869. The van der Waals surface area contributed by atoms with E-state index in [0.717, 1.165) is 35.0 Å². The lowest BCUT2D eigenvalue weighted by Crippen LogP contribution is -2.22. The minimum Gasteiger partial charge on any atom is -0.312 e. The largest absolute Gasteiger partial charge is 0.312 e. The van der Waals surface area contributed by atoms with Crippen molar-refractivity contribution in [1.29, 1.82) is 0 Å². The van der Waals surface area contributed by atoms with Crippen molar-refractivity contribution < 1.29 is 4.39 Å². The Hall–Kier alpha value is -0.410. The van der Waals surface area contributed by atoms with Gasteiger partial charge in [0.05, 0.1) is 0 Å². The lowest BCUT2D eigenvalue weighted by atomic mass is 10.1. The first-order valence-corrected chi connectivity index (χ1v) is 6.61. The van der Waals surface area contributed by atoms with Crippen molar-refractivity contribution in [3.05, 3.63) is 34.1 Å². The summed E-state index contributed by atoms with van der Waals surface area (Å²) in [5.74, 6) is 1.50. The summed E-state index contributed by atoms with van der Waals surface area (Å²) in [5.41, 5.74) is 1.12. The second kappa shape index (κ2) is 5.28. The molecule has 0 aromatic heterocycles. The van der Waals surface area contributed by atoms with Gasteiger partial charge in [-0.25, -0.2) is 4.39 Å². The first kappa shape index (κ1) is 12.1. The first-order valence-electron chi connectivity index (χ1n) is 5.81. The van der Waals surface area contributed by atoms with Gasteiger partial charge >= 0.3 is 0 Å². The predicted octanol–water partition coefficient (Wildman–Crippen LogP) is 3.72. The average molecular weight is 286 g/mol. The standard InChI is InChI=1S/C13H17BrFN/c1-9(10-2-3-10)7-16-8-11-4-5-12(15)6-13(11)14/h4-6,9-10,16H,2-3,7-8H2,1H3. The summed E-state index contributed by atoms with van der Waals surface area (Å²) in [7, 11) is 0. The summed E-state index contributed by atoms with van der Waals surface area (Å²) in [4.78, 5) is 0. The fourth-order valence-corrected chi connectivity index (χ4v) is 2.42. The van der Waals surface area contributed by atoms with E-state index in [1.54, 1.807) is 0 Å². The SMILES string of the molecule is CC(CNCc1ccc(F)cc1Br)C1CC1. The molecule has 16 heavy (non-hydrogen) atoms. The molecule has 1 aromatic rings. The Morgan fingerprint density at radius 1 is 1.50 bits per heavy atom. The van der Waals surface area contributed by atoms with E-state index < -0.39 is 0 Å². The molecule has 0 bridgehead atoms. The van der Waals surface area contributed by atoms with E-state index in [9.17, 15) is 4.39 Å². The predicted molar refractivity (Wildman–Crippen MR) is 67.7 cm³/mol. The van der Waals surface area contributed by atoms with E-state index >= 15 is 0 Å². The molecule has 1 aliphatic rings. The maximum absolute atomic E-state index is 12.9. The van der Waals surface area contributed by atoms with Gasteiger partial charge < -0.3 is 5.32 Å². The summed E-state index contributed by atoms with van der Waals surface area (Å²) < 4.78 is 13.7. The van der Waals surface area contributed by atoms with Crippen LogP contribution in [0.15, 0.2) is 22.7 Å². The van der Waals surface area contributed by atoms with Gasteiger partial charge in [-0.1, -0.05) is 28.9 Å². The van der Waals surface area contributed by atoms with Crippen molar-refractivity contribution in [3.8, 4) is 0 Å². The van der Waals surface area contributed by atoms with Crippen LogP contribution in [0.1, 0.15) is 25.3 Å². The monoisotopic (exact) mass is 285 g/mol. The second-order valence-corrected chi connectivity index (χ2v) is 5.54. The third-order valence-electron chi connectivity index (χ3n) is 3.22. The van der Waals surface area contributed by atoms with E-state index in [-0.39, 0.29) is 5.82 Å². The summed E-state index contributed by atoms with van der Waals surface area (Å²) in [6.45, 7) is 4.15. The maximum atomic E-state index is 12.9. The van der Waals surface area contributed by atoms with Gasteiger partial charge in [-0.05, 0) is 48.9 Å². The number of hydrogen-bond donors (Lipinski definition) is 1. The average Bonchev–Trinajstić information content (AvgIpc) is 3.04. The molecular formula is C13H17BrFN. The van der Waals surface area contributed by atoms with Crippen LogP contribution in [0.3, 0.4) is 0 Å². The van der Waals surface area contributed by atoms with E-state index in [1.807, 2.05) is 6.07 Å². The highest BCUT2D eigenvalue weighted by Crippen LogP contribution is 2.36. The normalized spacial score (nSPS) is 17.4. The van der Waals surface area contributed by atoms with Gasteiger partial charge in [0.15, 0.2) is 0 Å². The molecule has 2 rings (SSSR count). The zero-order valence-electron chi connectivity index (χ0n) is 9.47. The number of halogens is 2. The molecule has 0 spiro atoms. The lowest BCUT2D eigenvalue weighted by molar-refractivity contribution is 0.461. The zero-order valence-corrected chi connectivity index (χ0v) is 11.1. The van der Waals surface area contributed by atoms with Crippen molar-refractivity contribution in [1.82, 2.24) is 5.32 Å². The van der Waals surface area contributed by atoms with Crippen LogP contribution in [0, 0.1) is 17.7 Å². The fraction of sp³-hybridized carbons (Fsp3) is 0.538. The molecule has 1 saturated carbocycles. The van der Waals surface area contributed by atoms with Crippen molar-refractivity contribution in [2.45, 2.75) is 26.3 Å². The van der Waals surface area contributed by atoms with Crippen LogP contribution < -0.4 is 5.32 Å². The molecule has 1 aliphatic carbocycles. The highest BCUT2D eigenvalue weighted by molar-refractivity contribution is 9.10. The van der Waals surface area contributed by atoms with Crippen molar-refractivity contribution in [2.24, 2.45) is 11.8 Å². The molecule has 88 valence electrons. The van der Waals surface area contributed by atoms with Crippen LogP contribution in [0.5, 0.6) is 0 Å². The maximum Gasteiger partial charge on any atom is 0.124 e. The van der Waals surface area contributed by atoms with Gasteiger partial charge in [-0.15, -0.1) is 0 Å². The Kier molecular flexibility index (Phi) is 3.98. The lowest BCUT2D eigenvalue weighted by Gasteiger charge is -2.12. The van der Waals surface area contributed by atoms with E-state index in [4.69, 9.17) is 0 Å². The number of benzene rings is 1. The van der Waals surface area contributed by atoms with Crippen LogP contribution in [0.2, 0.25) is 0 Å². The number of nitrogens with one attached hydrogen (secondary N) is 1. The third kappa shape index (κ3) is 3.29. The minimum absolute atomic E-state index is 0.193. The highest BCUT2D eigenvalue weighted by atomic mass is 79.9. The van der Waals surface area contributed by atoms with E-state index in [2.05, 4.69) is 28.2 Å². The fourth-order valence-electron chi connectivity index (χ4n) is 1.93.